The predicted molar refractivity (Wildman–Crippen MR) is 126 cm³/mol. The average Bonchev–Trinajstić information content (AvgIpc) is 3.51. The minimum Gasteiger partial charge on any atom is -0.367 e. The lowest BCUT2D eigenvalue weighted by molar-refractivity contribution is 0.102. The molecule has 3 aromatic heterocycles. The third kappa shape index (κ3) is 4.34. The summed E-state index contributed by atoms with van der Waals surface area (Å²) in [6, 6.07) is 16.2. The highest BCUT2D eigenvalue weighted by atomic mass is 32.1. The van der Waals surface area contributed by atoms with Crippen molar-refractivity contribution in [2.75, 3.05) is 36.4 Å². The van der Waals surface area contributed by atoms with Gasteiger partial charge in [-0.2, -0.15) is 0 Å². The molecule has 0 aliphatic carbocycles. The molecule has 0 saturated carbocycles. The Balaban J connectivity index is 1.33. The van der Waals surface area contributed by atoms with Gasteiger partial charge in [-0.1, -0.05) is 41.7 Å². The summed E-state index contributed by atoms with van der Waals surface area (Å²) >= 11 is 2.94. The molecule has 1 amide bonds. The van der Waals surface area contributed by atoms with Gasteiger partial charge in [0, 0.05) is 37.3 Å². The van der Waals surface area contributed by atoms with Crippen molar-refractivity contribution in [2.45, 2.75) is 0 Å². The molecule has 4 heterocycles. The van der Waals surface area contributed by atoms with Crippen LogP contribution < -0.4 is 15.5 Å². The summed E-state index contributed by atoms with van der Waals surface area (Å²) in [6.07, 6.45) is 3.43. The van der Waals surface area contributed by atoms with E-state index in [1.165, 1.54) is 16.9 Å². The Hall–Kier alpha value is -3.14. The molecule has 1 aliphatic rings. The van der Waals surface area contributed by atoms with E-state index in [0.29, 0.717) is 10.7 Å². The van der Waals surface area contributed by atoms with Crippen LogP contribution in [0.25, 0.3) is 20.3 Å². The Morgan fingerprint density at radius 2 is 1.77 bits per heavy atom. The van der Waals surface area contributed by atoms with E-state index in [-0.39, 0.29) is 5.91 Å². The molecule has 4 aromatic rings. The van der Waals surface area contributed by atoms with Crippen LogP contribution in [0.3, 0.4) is 0 Å². The van der Waals surface area contributed by atoms with Crippen molar-refractivity contribution in [1.82, 2.24) is 20.5 Å². The van der Waals surface area contributed by atoms with E-state index in [1.807, 2.05) is 30.3 Å². The predicted octanol–water partition coefficient (Wildman–Crippen LogP) is 3.99. The molecule has 156 valence electrons. The first-order valence-electron chi connectivity index (χ1n) is 9.98. The number of thiophene rings is 1. The maximum absolute atomic E-state index is 12.9. The summed E-state index contributed by atoms with van der Waals surface area (Å²) in [5.41, 5.74) is 2.83. The minimum absolute atomic E-state index is 0.270. The number of nitrogens with one attached hydrogen (secondary N) is 2. The van der Waals surface area contributed by atoms with E-state index in [0.717, 1.165) is 46.6 Å². The van der Waals surface area contributed by atoms with Crippen molar-refractivity contribution in [1.29, 1.82) is 0 Å². The highest BCUT2D eigenvalue weighted by Crippen LogP contribution is 2.36. The number of benzene rings is 1. The van der Waals surface area contributed by atoms with Crippen molar-refractivity contribution in [3.63, 3.8) is 0 Å². The van der Waals surface area contributed by atoms with E-state index < -0.39 is 0 Å². The number of aromatic nitrogens is 3. The third-order valence-corrected chi connectivity index (χ3v) is 7.22. The number of hydrogen-bond donors (Lipinski definition) is 2. The fourth-order valence-electron chi connectivity index (χ4n) is 3.47. The van der Waals surface area contributed by atoms with Crippen LogP contribution in [0, 0.1) is 0 Å². The summed E-state index contributed by atoms with van der Waals surface area (Å²) in [4.78, 5) is 21.4. The van der Waals surface area contributed by atoms with Crippen LogP contribution in [0.15, 0.2) is 60.9 Å². The molecule has 1 saturated heterocycles. The summed E-state index contributed by atoms with van der Waals surface area (Å²) < 4.78 is 0. The molecule has 0 spiro atoms. The van der Waals surface area contributed by atoms with Crippen LogP contribution in [0.4, 0.5) is 11.4 Å². The van der Waals surface area contributed by atoms with E-state index in [2.05, 4.69) is 48.9 Å². The molecule has 1 aliphatic heterocycles. The van der Waals surface area contributed by atoms with Crippen molar-refractivity contribution >= 4 is 40.0 Å². The Labute approximate surface area is 187 Å². The average molecular weight is 449 g/mol. The highest BCUT2D eigenvalue weighted by Gasteiger charge is 2.19. The van der Waals surface area contributed by atoms with Crippen LogP contribution in [-0.4, -0.2) is 47.3 Å². The zero-order chi connectivity index (χ0) is 21.0. The van der Waals surface area contributed by atoms with Gasteiger partial charge in [0.15, 0.2) is 5.01 Å². The number of carbonyl (C=O) groups is 1. The second-order valence-corrected chi connectivity index (χ2v) is 9.09. The number of amides is 1. The number of carbonyl (C=O) groups excluding carboxylic acids is 1. The largest absolute Gasteiger partial charge is 0.367 e. The molecule has 0 bridgehead atoms. The molecule has 1 aromatic carbocycles. The molecule has 9 heteroatoms. The van der Waals surface area contributed by atoms with Gasteiger partial charge in [-0.25, -0.2) is 0 Å². The van der Waals surface area contributed by atoms with E-state index >= 15 is 0 Å². The van der Waals surface area contributed by atoms with Crippen LogP contribution >= 0.6 is 22.7 Å². The molecular weight excluding hydrogens is 428 g/mol. The van der Waals surface area contributed by atoms with Gasteiger partial charge >= 0.3 is 0 Å². The first-order valence-corrected chi connectivity index (χ1v) is 11.6. The number of piperazine rings is 1. The standard InChI is InChI=1S/C22H20N6OS2/c29-20(25-16-14-24-9-8-17(16)28-12-10-23-11-13-28)22-27-26-21(31-22)19-7-6-18(30-19)15-4-2-1-3-5-15/h1-9,14,23H,10-13H2,(H,25,29). The summed E-state index contributed by atoms with van der Waals surface area (Å²) in [5, 5.41) is 15.8. The van der Waals surface area contributed by atoms with Crippen LogP contribution in [0.2, 0.25) is 0 Å². The van der Waals surface area contributed by atoms with Gasteiger partial charge in [-0.05, 0) is 23.8 Å². The van der Waals surface area contributed by atoms with Crippen molar-refractivity contribution in [3.05, 3.63) is 65.9 Å². The summed E-state index contributed by atoms with van der Waals surface area (Å²) in [6.45, 7) is 3.61. The number of anilines is 2. The minimum atomic E-state index is -0.270. The fourth-order valence-corrected chi connectivity index (χ4v) is 5.27. The second-order valence-electron chi connectivity index (χ2n) is 7.03. The number of nitrogens with zero attached hydrogens (tertiary/aromatic N) is 4. The SMILES string of the molecule is O=C(Nc1cnccc1N1CCNCC1)c1nnc(-c2ccc(-c3ccccc3)s2)s1. The van der Waals surface area contributed by atoms with Gasteiger partial charge in [0.05, 0.1) is 22.4 Å². The first kappa shape index (κ1) is 19.8. The summed E-state index contributed by atoms with van der Waals surface area (Å²) in [5.74, 6) is -0.270. The first-order chi connectivity index (χ1) is 15.3. The topological polar surface area (TPSA) is 83.0 Å². The quantitative estimate of drug-likeness (QED) is 0.480. The van der Waals surface area contributed by atoms with Gasteiger partial charge in [0.25, 0.3) is 5.91 Å². The van der Waals surface area contributed by atoms with Crippen LogP contribution in [-0.2, 0) is 0 Å². The van der Waals surface area contributed by atoms with Crippen molar-refractivity contribution in [2.24, 2.45) is 0 Å². The second kappa shape index (κ2) is 8.93. The summed E-state index contributed by atoms with van der Waals surface area (Å²) in [7, 11) is 0. The number of rotatable bonds is 5. The van der Waals surface area contributed by atoms with E-state index in [9.17, 15) is 4.79 Å². The molecule has 31 heavy (non-hydrogen) atoms. The lowest BCUT2D eigenvalue weighted by atomic mass is 10.2. The zero-order valence-corrected chi connectivity index (χ0v) is 18.2. The van der Waals surface area contributed by atoms with E-state index in [1.54, 1.807) is 23.7 Å². The van der Waals surface area contributed by atoms with Crippen molar-refractivity contribution in [3.8, 4) is 20.3 Å². The monoisotopic (exact) mass is 448 g/mol. The Bertz CT molecular complexity index is 1180. The van der Waals surface area contributed by atoms with Gasteiger partial charge in [0.1, 0.15) is 0 Å². The van der Waals surface area contributed by atoms with E-state index in [4.69, 9.17) is 0 Å². The molecule has 2 N–H and O–H groups in total. The van der Waals surface area contributed by atoms with Crippen molar-refractivity contribution < 1.29 is 4.79 Å². The molecule has 5 rings (SSSR count). The Morgan fingerprint density at radius 3 is 2.61 bits per heavy atom. The fraction of sp³-hybridized carbons (Fsp3) is 0.182. The zero-order valence-electron chi connectivity index (χ0n) is 16.6. The lowest BCUT2D eigenvalue weighted by Gasteiger charge is -2.30. The van der Waals surface area contributed by atoms with Crippen LogP contribution in [0.1, 0.15) is 9.80 Å². The number of hydrogen-bond acceptors (Lipinski definition) is 8. The highest BCUT2D eigenvalue weighted by molar-refractivity contribution is 7.24. The number of pyridine rings is 1. The van der Waals surface area contributed by atoms with Gasteiger partial charge in [-0.15, -0.1) is 21.5 Å². The normalized spacial score (nSPS) is 13.9. The Morgan fingerprint density at radius 1 is 0.968 bits per heavy atom. The molecular formula is C22H20N6OS2. The molecule has 1 fully saturated rings. The molecule has 0 radical (unpaired) electrons. The molecule has 0 atom stereocenters. The lowest BCUT2D eigenvalue weighted by Crippen LogP contribution is -2.43. The Kier molecular flexibility index (Phi) is 5.70. The van der Waals surface area contributed by atoms with Gasteiger partial charge < -0.3 is 15.5 Å². The third-order valence-electron chi connectivity index (χ3n) is 5.00. The van der Waals surface area contributed by atoms with Gasteiger partial charge in [0.2, 0.25) is 5.01 Å². The molecule has 0 unspecified atom stereocenters. The van der Waals surface area contributed by atoms with Crippen LogP contribution in [0.5, 0.6) is 0 Å². The maximum Gasteiger partial charge on any atom is 0.286 e. The maximum atomic E-state index is 12.9. The van der Waals surface area contributed by atoms with Gasteiger partial charge in [-0.3, -0.25) is 9.78 Å². The molecule has 7 nitrogen and oxygen atoms in total. The smallest absolute Gasteiger partial charge is 0.286 e.